The molecule has 2 rings (SSSR count). The zero-order valence-electron chi connectivity index (χ0n) is 10.9. The average molecular weight is 299 g/mol. The second kappa shape index (κ2) is 6.43. The molecular weight excluding hydrogens is 287 g/mol. The second-order valence-electron chi connectivity index (χ2n) is 4.42. The van der Waals surface area contributed by atoms with Gasteiger partial charge < -0.3 is 9.64 Å². The van der Waals surface area contributed by atoms with Crippen LogP contribution in [-0.2, 0) is 20.7 Å². The molecule has 1 heterocycles. The van der Waals surface area contributed by atoms with Crippen molar-refractivity contribution in [1.82, 2.24) is 0 Å². The number of nitrogens with zero attached hydrogens (tertiary/aromatic N) is 1. The number of benzene rings is 1. The molecule has 0 aliphatic carbocycles. The maximum Gasteiger partial charge on any atom is 0.326 e. The molecule has 0 atom stereocenters. The summed E-state index contributed by atoms with van der Waals surface area (Å²) in [5.74, 6) is -2.62. The van der Waals surface area contributed by atoms with Crippen LogP contribution in [0.15, 0.2) is 36.2 Å². The number of hydrogen-bond donors (Lipinski definition) is 0. The Morgan fingerprint density at radius 1 is 1.24 bits per heavy atom. The maximum absolute atomic E-state index is 12.5. The number of fused-ring (bicyclic) bond motifs is 1. The van der Waals surface area contributed by atoms with Crippen molar-refractivity contribution in [2.24, 2.45) is 0 Å². The highest BCUT2D eigenvalue weighted by Crippen LogP contribution is 2.28. The van der Waals surface area contributed by atoms with Gasteiger partial charge in [0.2, 0.25) is 5.91 Å². The zero-order chi connectivity index (χ0) is 15.4. The normalized spacial score (nSPS) is 13.1. The van der Waals surface area contributed by atoms with E-state index in [0.717, 1.165) is 5.56 Å². The van der Waals surface area contributed by atoms with Gasteiger partial charge in [-0.1, -0.05) is 18.2 Å². The van der Waals surface area contributed by atoms with Gasteiger partial charge >= 0.3 is 12.0 Å². The molecule has 0 saturated carbocycles. The van der Waals surface area contributed by atoms with E-state index in [1.807, 2.05) is 0 Å². The molecule has 0 spiro atoms. The Balaban J connectivity index is 1.89. The van der Waals surface area contributed by atoms with Crippen LogP contribution >= 0.6 is 0 Å². The van der Waals surface area contributed by atoms with E-state index in [-0.39, 0.29) is 18.9 Å². The van der Waals surface area contributed by atoms with Crippen molar-refractivity contribution in [2.45, 2.75) is 12.8 Å². The molecule has 0 radical (unpaired) electrons. The third kappa shape index (κ3) is 3.62. The molecule has 0 bridgehead atoms. The van der Waals surface area contributed by atoms with Crippen LogP contribution in [0, 0.1) is 0 Å². The zero-order valence-corrected chi connectivity index (χ0v) is 10.9. The summed E-state index contributed by atoms with van der Waals surface area (Å²) in [6.45, 7) is -0.815. The Hall–Kier alpha value is -2.31. The molecular formula is C14H12F3NO3. The van der Waals surface area contributed by atoms with Crippen molar-refractivity contribution < 1.29 is 27.5 Å². The summed E-state index contributed by atoms with van der Waals surface area (Å²) in [5.41, 5.74) is 1.43. The van der Waals surface area contributed by atoms with Gasteiger partial charge in [-0.15, -0.1) is 0 Å². The van der Waals surface area contributed by atoms with Crippen molar-refractivity contribution in [3.05, 3.63) is 41.7 Å². The number of rotatable bonds is 5. The lowest BCUT2D eigenvalue weighted by molar-refractivity contribution is -0.142. The van der Waals surface area contributed by atoms with Crippen molar-refractivity contribution in [3.8, 4) is 0 Å². The number of esters is 1. The quantitative estimate of drug-likeness (QED) is 0.785. The van der Waals surface area contributed by atoms with Crippen LogP contribution in [0.3, 0.4) is 0 Å². The summed E-state index contributed by atoms with van der Waals surface area (Å²) in [5, 5.41) is 0. The monoisotopic (exact) mass is 299 g/mol. The van der Waals surface area contributed by atoms with E-state index < -0.39 is 30.9 Å². The Morgan fingerprint density at radius 2 is 1.95 bits per heavy atom. The molecule has 0 saturated heterocycles. The molecule has 0 unspecified atom stereocenters. The Labute approximate surface area is 118 Å². The van der Waals surface area contributed by atoms with Gasteiger partial charge in [0.05, 0.1) is 13.0 Å². The predicted octanol–water partition coefficient (Wildman–Crippen LogP) is 2.59. The molecule has 112 valence electrons. The topological polar surface area (TPSA) is 46.6 Å². The van der Waals surface area contributed by atoms with Crippen LogP contribution < -0.4 is 4.90 Å². The number of amides is 1. The van der Waals surface area contributed by atoms with Crippen molar-refractivity contribution in [2.75, 3.05) is 18.1 Å². The van der Waals surface area contributed by atoms with Gasteiger partial charge in [-0.25, -0.2) is 4.39 Å². The Bertz CT molecular complexity index is 597. The highest BCUT2D eigenvalue weighted by Gasteiger charge is 2.28. The molecule has 1 aromatic rings. The van der Waals surface area contributed by atoms with E-state index in [1.54, 1.807) is 24.3 Å². The minimum atomic E-state index is -2.42. The number of anilines is 1. The Morgan fingerprint density at radius 3 is 2.67 bits per heavy atom. The van der Waals surface area contributed by atoms with Crippen LogP contribution in [0.5, 0.6) is 0 Å². The summed E-state index contributed by atoms with van der Waals surface area (Å²) >= 11 is 0. The second-order valence-corrected chi connectivity index (χ2v) is 4.42. The molecule has 0 fully saturated rings. The molecule has 1 aromatic carbocycles. The van der Waals surface area contributed by atoms with Crippen LogP contribution in [0.4, 0.5) is 18.9 Å². The van der Waals surface area contributed by atoms with E-state index in [0.29, 0.717) is 5.69 Å². The lowest BCUT2D eigenvalue weighted by atomic mass is 10.2. The minimum Gasteiger partial charge on any atom is -0.464 e. The van der Waals surface area contributed by atoms with E-state index in [4.69, 9.17) is 0 Å². The van der Waals surface area contributed by atoms with Crippen LogP contribution in [0.2, 0.25) is 0 Å². The first-order chi connectivity index (χ1) is 9.99. The minimum absolute atomic E-state index is 0.202. The standard InChI is InChI=1S/C14H12F3NO3/c15-10(14(16)17)5-6-21-13(20)8-18-11-4-2-1-3-9(11)7-12(18)19/h1-4H,5-8H2. The lowest BCUT2D eigenvalue weighted by Gasteiger charge is -2.16. The number of hydrogen-bond acceptors (Lipinski definition) is 3. The first kappa shape index (κ1) is 15.1. The molecule has 1 aliphatic heterocycles. The molecule has 7 heteroatoms. The SMILES string of the molecule is O=C(CN1C(=O)Cc2ccccc21)OCCC(F)=C(F)F. The van der Waals surface area contributed by atoms with Crippen molar-refractivity contribution >= 4 is 17.6 Å². The fourth-order valence-corrected chi connectivity index (χ4v) is 2.01. The van der Waals surface area contributed by atoms with Gasteiger partial charge in [0.15, 0.2) is 5.83 Å². The van der Waals surface area contributed by atoms with E-state index in [9.17, 15) is 22.8 Å². The van der Waals surface area contributed by atoms with Crippen molar-refractivity contribution in [3.63, 3.8) is 0 Å². The highest BCUT2D eigenvalue weighted by atomic mass is 19.3. The van der Waals surface area contributed by atoms with Gasteiger partial charge in [-0.05, 0) is 11.6 Å². The predicted molar refractivity (Wildman–Crippen MR) is 68.4 cm³/mol. The number of para-hydroxylation sites is 1. The fourth-order valence-electron chi connectivity index (χ4n) is 2.01. The van der Waals surface area contributed by atoms with E-state index >= 15 is 0 Å². The van der Waals surface area contributed by atoms with Gasteiger partial charge in [0, 0.05) is 12.1 Å². The molecule has 1 aliphatic rings. The summed E-state index contributed by atoms with van der Waals surface area (Å²) in [6.07, 6.45) is -2.90. The third-order valence-corrected chi connectivity index (χ3v) is 3.00. The maximum atomic E-state index is 12.5. The first-order valence-corrected chi connectivity index (χ1v) is 6.22. The number of halogens is 3. The first-order valence-electron chi connectivity index (χ1n) is 6.22. The molecule has 4 nitrogen and oxygen atoms in total. The fraction of sp³-hybridized carbons (Fsp3) is 0.286. The number of carbonyl (C=O) groups is 2. The lowest BCUT2D eigenvalue weighted by Crippen LogP contribution is -2.33. The summed E-state index contributed by atoms with van der Waals surface area (Å²) in [7, 11) is 0. The highest BCUT2D eigenvalue weighted by molar-refractivity contribution is 6.04. The third-order valence-electron chi connectivity index (χ3n) is 3.00. The van der Waals surface area contributed by atoms with E-state index in [1.165, 1.54) is 4.90 Å². The van der Waals surface area contributed by atoms with Gasteiger partial charge in [0.1, 0.15) is 6.54 Å². The van der Waals surface area contributed by atoms with Crippen molar-refractivity contribution in [1.29, 1.82) is 0 Å². The number of ether oxygens (including phenoxy) is 1. The molecule has 0 aromatic heterocycles. The smallest absolute Gasteiger partial charge is 0.326 e. The van der Waals surface area contributed by atoms with E-state index in [2.05, 4.69) is 4.74 Å². The molecule has 21 heavy (non-hydrogen) atoms. The van der Waals surface area contributed by atoms with Gasteiger partial charge in [-0.2, -0.15) is 8.78 Å². The molecule has 0 N–H and O–H groups in total. The largest absolute Gasteiger partial charge is 0.464 e. The summed E-state index contributed by atoms with van der Waals surface area (Å²) in [6, 6.07) is 7.01. The Kier molecular flexibility index (Phi) is 4.62. The van der Waals surface area contributed by atoms with Crippen LogP contribution in [0.1, 0.15) is 12.0 Å². The molecule has 1 amide bonds. The van der Waals surface area contributed by atoms with Gasteiger partial charge in [-0.3, -0.25) is 9.59 Å². The van der Waals surface area contributed by atoms with Crippen LogP contribution in [0.25, 0.3) is 0 Å². The summed E-state index contributed by atoms with van der Waals surface area (Å²) < 4.78 is 40.8. The summed E-state index contributed by atoms with van der Waals surface area (Å²) in [4.78, 5) is 24.6. The van der Waals surface area contributed by atoms with Gasteiger partial charge in [0.25, 0.3) is 0 Å². The van der Waals surface area contributed by atoms with Crippen LogP contribution in [-0.4, -0.2) is 25.0 Å². The number of carbonyl (C=O) groups excluding carboxylic acids is 2. The average Bonchev–Trinajstić information content (AvgIpc) is 2.75.